The second-order valence-corrected chi connectivity index (χ2v) is 9.48. The summed E-state index contributed by atoms with van der Waals surface area (Å²) in [6.45, 7) is 2.41. The number of sulfonamides is 1. The Labute approximate surface area is 178 Å². The van der Waals surface area contributed by atoms with E-state index < -0.39 is 10.0 Å². The Hall–Kier alpha value is -2.74. The van der Waals surface area contributed by atoms with Gasteiger partial charge in [-0.1, -0.05) is 6.07 Å². The van der Waals surface area contributed by atoms with Gasteiger partial charge in [-0.2, -0.15) is 0 Å². The van der Waals surface area contributed by atoms with E-state index in [1.54, 1.807) is 38.3 Å². The molecule has 8 heteroatoms. The van der Waals surface area contributed by atoms with Gasteiger partial charge in [0.15, 0.2) is 11.5 Å². The molecule has 1 unspecified atom stereocenters. The van der Waals surface area contributed by atoms with Crippen molar-refractivity contribution in [3.05, 3.63) is 53.1 Å². The summed E-state index contributed by atoms with van der Waals surface area (Å²) >= 11 is 0. The number of nitrogens with zero attached hydrogens (tertiary/aromatic N) is 2. The van der Waals surface area contributed by atoms with E-state index in [-0.39, 0.29) is 11.9 Å². The van der Waals surface area contributed by atoms with Crippen LogP contribution in [0, 0.1) is 0 Å². The van der Waals surface area contributed by atoms with Gasteiger partial charge >= 0.3 is 0 Å². The Morgan fingerprint density at radius 2 is 1.83 bits per heavy atom. The van der Waals surface area contributed by atoms with E-state index in [1.807, 2.05) is 31.2 Å². The lowest BCUT2D eigenvalue weighted by molar-refractivity contribution is 0.0796. The molecule has 0 fully saturated rings. The van der Waals surface area contributed by atoms with Crippen molar-refractivity contribution in [1.29, 1.82) is 0 Å². The predicted octanol–water partition coefficient (Wildman–Crippen LogP) is 2.73. The Kier molecular flexibility index (Phi) is 6.26. The maximum atomic E-state index is 12.9. The van der Waals surface area contributed by atoms with Crippen molar-refractivity contribution >= 4 is 21.6 Å². The summed E-state index contributed by atoms with van der Waals surface area (Å²) < 4.78 is 36.2. The zero-order chi connectivity index (χ0) is 22.1. The summed E-state index contributed by atoms with van der Waals surface area (Å²) in [5.74, 6) is 1.23. The number of methoxy groups -OCH3 is 2. The zero-order valence-corrected chi connectivity index (χ0v) is 18.8. The van der Waals surface area contributed by atoms with Crippen molar-refractivity contribution in [2.45, 2.75) is 25.8 Å². The van der Waals surface area contributed by atoms with Crippen LogP contribution < -0.4 is 13.8 Å². The first-order valence-electron chi connectivity index (χ1n) is 9.74. The Morgan fingerprint density at radius 3 is 2.47 bits per heavy atom. The smallest absolute Gasteiger partial charge is 0.253 e. The van der Waals surface area contributed by atoms with Crippen molar-refractivity contribution in [3.8, 4) is 11.5 Å². The second-order valence-electron chi connectivity index (χ2n) is 7.62. The normalized spacial score (nSPS) is 15.6. The Bertz CT molecular complexity index is 1050. The van der Waals surface area contributed by atoms with Gasteiger partial charge in [-0.25, -0.2) is 8.42 Å². The van der Waals surface area contributed by atoms with E-state index in [2.05, 4.69) is 0 Å². The molecule has 0 aromatic heterocycles. The fourth-order valence-corrected chi connectivity index (χ4v) is 5.16. The van der Waals surface area contributed by atoms with Crippen molar-refractivity contribution in [1.82, 2.24) is 4.90 Å². The van der Waals surface area contributed by atoms with E-state index in [9.17, 15) is 13.2 Å². The number of amides is 1. The van der Waals surface area contributed by atoms with E-state index in [0.29, 0.717) is 42.1 Å². The lowest BCUT2D eigenvalue weighted by atomic mass is 10.1. The predicted molar refractivity (Wildman–Crippen MR) is 117 cm³/mol. The molecule has 0 radical (unpaired) electrons. The van der Waals surface area contributed by atoms with Crippen LogP contribution in [0.4, 0.5) is 5.69 Å². The highest BCUT2D eigenvalue weighted by Crippen LogP contribution is 2.35. The van der Waals surface area contributed by atoms with Crippen molar-refractivity contribution in [3.63, 3.8) is 0 Å². The summed E-state index contributed by atoms with van der Waals surface area (Å²) in [6.07, 6.45) is 2.48. The van der Waals surface area contributed by atoms with Gasteiger partial charge < -0.3 is 14.4 Å². The van der Waals surface area contributed by atoms with Crippen molar-refractivity contribution < 1.29 is 22.7 Å². The molecule has 0 aliphatic carbocycles. The third-order valence-electron chi connectivity index (χ3n) is 5.37. The molecule has 1 aliphatic rings. The molecule has 0 bridgehead atoms. The molecule has 1 aliphatic heterocycles. The van der Waals surface area contributed by atoms with Gasteiger partial charge in [0.1, 0.15) is 0 Å². The van der Waals surface area contributed by atoms with Crippen molar-refractivity contribution in [2.75, 3.05) is 38.4 Å². The third kappa shape index (κ3) is 4.38. The van der Waals surface area contributed by atoms with Gasteiger partial charge in [0.2, 0.25) is 10.0 Å². The maximum absolute atomic E-state index is 12.9. The fraction of sp³-hybridized carbons (Fsp3) is 0.409. The Balaban J connectivity index is 1.71. The van der Waals surface area contributed by atoms with Gasteiger partial charge in [0.05, 0.1) is 26.2 Å². The van der Waals surface area contributed by atoms with Crippen LogP contribution in [0.25, 0.3) is 0 Å². The lowest BCUT2D eigenvalue weighted by Gasteiger charge is -2.22. The van der Waals surface area contributed by atoms with Gasteiger partial charge in [-0.15, -0.1) is 0 Å². The molecule has 162 valence electrons. The van der Waals surface area contributed by atoms with Crippen LogP contribution in [-0.4, -0.2) is 59.3 Å². The summed E-state index contributed by atoms with van der Waals surface area (Å²) in [5, 5.41) is 0. The highest BCUT2D eigenvalue weighted by molar-refractivity contribution is 7.92. The number of carbonyl (C=O) groups is 1. The number of carbonyl (C=O) groups excluding carboxylic acids is 1. The van der Waals surface area contributed by atoms with Crippen LogP contribution in [0.5, 0.6) is 11.5 Å². The summed E-state index contributed by atoms with van der Waals surface area (Å²) in [6, 6.07) is 10.8. The first-order valence-corrected chi connectivity index (χ1v) is 11.6. The minimum atomic E-state index is -3.35. The van der Waals surface area contributed by atoms with E-state index >= 15 is 0 Å². The van der Waals surface area contributed by atoms with E-state index in [0.717, 1.165) is 11.1 Å². The zero-order valence-electron chi connectivity index (χ0n) is 18.0. The number of anilines is 1. The van der Waals surface area contributed by atoms with Crippen LogP contribution in [0.2, 0.25) is 0 Å². The average Bonchev–Trinajstić information content (AvgIpc) is 3.06. The minimum Gasteiger partial charge on any atom is -0.493 e. The molecule has 7 nitrogen and oxygen atoms in total. The molecule has 30 heavy (non-hydrogen) atoms. The fourth-order valence-electron chi connectivity index (χ4n) is 3.90. The molecule has 3 rings (SSSR count). The molecule has 1 atom stereocenters. The van der Waals surface area contributed by atoms with Crippen LogP contribution >= 0.6 is 0 Å². The minimum absolute atomic E-state index is 0.0938. The van der Waals surface area contributed by atoms with Crippen LogP contribution in [-0.2, 0) is 22.9 Å². The molecule has 0 saturated heterocycles. The molecule has 0 spiro atoms. The van der Waals surface area contributed by atoms with Gasteiger partial charge in [-0.3, -0.25) is 9.10 Å². The second kappa shape index (κ2) is 8.55. The topological polar surface area (TPSA) is 76.2 Å². The summed E-state index contributed by atoms with van der Waals surface area (Å²) in [4.78, 5) is 14.6. The standard InChI is InChI=1S/C22H28N2O5S/c1-15-12-18-14-17(7-8-19(18)24(15)30(5,26)27)22(25)23(2)11-10-16-6-9-20(28-3)21(13-16)29-4/h6-9,13-15H,10-12H2,1-5H3. The molecule has 0 saturated carbocycles. The largest absolute Gasteiger partial charge is 0.493 e. The average molecular weight is 433 g/mol. The number of hydrogen-bond donors (Lipinski definition) is 0. The number of rotatable bonds is 7. The first kappa shape index (κ1) is 22.0. The van der Waals surface area contributed by atoms with Gasteiger partial charge in [0.25, 0.3) is 5.91 Å². The van der Waals surface area contributed by atoms with Gasteiger partial charge in [0, 0.05) is 25.2 Å². The highest BCUT2D eigenvalue weighted by atomic mass is 32.2. The molecular formula is C22H28N2O5S. The highest BCUT2D eigenvalue weighted by Gasteiger charge is 2.33. The maximum Gasteiger partial charge on any atom is 0.253 e. The van der Waals surface area contributed by atoms with Crippen LogP contribution in [0.15, 0.2) is 36.4 Å². The van der Waals surface area contributed by atoms with Crippen LogP contribution in [0.1, 0.15) is 28.4 Å². The molecule has 2 aromatic carbocycles. The molecule has 1 heterocycles. The number of ether oxygens (including phenoxy) is 2. The molecule has 2 aromatic rings. The van der Waals surface area contributed by atoms with E-state index in [4.69, 9.17) is 9.47 Å². The Morgan fingerprint density at radius 1 is 1.13 bits per heavy atom. The van der Waals surface area contributed by atoms with Crippen LogP contribution in [0.3, 0.4) is 0 Å². The quantitative estimate of drug-likeness (QED) is 0.672. The number of benzene rings is 2. The number of fused-ring (bicyclic) bond motifs is 1. The van der Waals surface area contributed by atoms with Crippen molar-refractivity contribution in [2.24, 2.45) is 0 Å². The van der Waals surface area contributed by atoms with Gasteiger partial charge in [-0.05, 0) is 61.2 Å². The summed E-state index contributed by atoms with van der Waals surface area (Å²) in [7, 11) is 1.61. The first-order chi connectivity index (χ1) is 14.2. The molecule has 0 N–H and O–H groups in total. The summed E-state index contributed by atoms with van der Waals surface area (Å²) in [5.41, 5.74) is 3.14. The monoisotopic (exact) mass is 432 g/mol. The molecular weight excluding hydrogens is 404 g/mol. The van der Waals surface area contributed by atoms with E-state index in [1.165, 1.54) is 10.6 Å². The SMILES string of the molecule is COc1ccc(CCN(C)C(=O)c2ccc3c(c2)CC(C)N3S(C)(=O)=O)cc1OC. The lowest BCUT2D eigenvalue weighted by Crippen LogP contribution is -2.34. The number of likely N-dealkylation sites (N-methyl/N-ethyl adjacent to an activating group) is 1. The third-order valence-corrected chi connectivity index (χ3v) is 6.64. The number of hydrogen-bond acceptors (Lipinski definition) is 5. The molecule has 1 amide bonds.